The molecular formula is C51H112N2O5S. The van der Waals surface area contributed by atoms with Crippen molar-refractivity contribution in [2.75, 3.05) is 71.3 Å². The fourth-order valence-electron chi connectivity index (χ4n) is 7.50. The molecule has 0 aromatic rings. The molecule has 0 radical (unpaired) electrons. The summed E-state index contributed by atoms with van der Waals surface area (Å²) in [6.45, 7) is 17.6. The first kappa shape index (κ1) is 65.2. The predicted molar refractivity (Wildman–Crippen MR) is 267 cm³/mol. The van der Waals surface area contributed by atoms with Gasteiger partial charge in [0.1, 0.15) is 13.6 Å². The Morgan fingerprint density at radius 2 is 0.847 bits per heavy atom. The van der Waals surface area contributed by atoms with E-state index in [1.807, 2.05) is 6.79 Å². The fourth-order valence-corrected chi connectivity index (χ4v) is 7.93. The van der Waals surface area contributed by atoms with Gasteiger partial charge in [-0.05, 0) is 77.5 Å². The zero-order valence-electron chi connectivity index (χ0n) is 39.1. The Hall–Kier alpha value is -0.380. The number of nitrogens with one attached hydrogen (secondary N) is 1. The molecule has 1 atom stereocenters. The van der Waals surface area contributed by atoms with Crippen LogP contribution in [0, 0.1) is 0 Å². The van der Waals surface area contributed by atoms with E-state index in [0.29, 0.717) is 12.9 Å². The summed E-state index contributed by atoms with van der Waals surface area (Å²) in [7, 11) is -0.703. The maximum absolute atomic E-state index is 11.4. The summed E-state index contributed by atoms with van der Waals surface area (Å²) in [6.07, 6.45) is 45.7. The van der Waals surface area contributed by atoms with Crippen LogP contribution in [0.5, 0.6) is 0 Å². The molecule has 1 N–H and O–H groups in total. The van der Waals surface area contributed by atoms with Gasteiger partial charge in [-0.2, -0.15) is 0 Å². The van der Waals surface area contributed by atoms with Crippen molar-refractivity contribution >= 4 is 17.6 Å². The van der Waals surface area contributed by atoms with Gasteiger partial charge >= 0.3 is 0 Å². The average molecular weight is 866 g/mol. The minimum absolute atomic E-state index is 0. The van der Waals surface area contributed by atoms with Gasteiger partial charge in [-0.3, -0.25) is 4.21 Å². The van der Waals surface area contributed by atoms with Crippen molar-refractivity contribution in [3.8, 4) is 0 Å². The Morgan fingerprint density at radius 3 is 1.27 bits per heavy atom. The van der Waals surface area contributed by atoms with Crippen LogP contribution in [0.1, 0.15) is 249 Å². The molecule has 0 heterocycles. The molecule has 0 spiro atoms. The van der Waals surface area contributed by atoms with Crippen molar-refractivity contribution < 1.29 is 24.6 Å². The maximum Gasteiger partial charge on any atom is 0.147 e. The molecule has 0 amide bonds. The molecule has 0 fully saturated rings. The second kappa shape index (κ2) is 59.7. The quantitative estimate of drug-likeness (QED) is 0.0482. The van der Waals surface area contributed by atoms with E-state index in [1.54, 1.807) is 6.26 Å². The van der Waals surface area contributed by atoms with Crippen LogP contribution in [0.4, 0.5) is 0 Å². The van der Waals surface area contributed by atoms with Crippen LogP contribution in [0.3, 0.4) is 0 Å². The summed E-state index contributed by atoms with van der Waals surface area (Å²) >= 11 is 0. The van der Waals surface area contributed by atoms with E-state index in [0.717, 1.165) is 45.1 Å². The fraction of sp³-hybridized carbons (Fsp3) is 0.980. The Labute approximate surface area is 376 Å². The summed E-state index contributed by atoms with van der Waals surface area (Å²) in [5, 5.41) is 3.49. The number of unbranched alkanes of at least 4 members (excludes halogenated alkanes) is 25. The van der Waals surface area contributed by atoms with Crippen LogP contribution in [0.25, 0.3) is 0 Å². The smallest absolute Gasteiger partial charge is 0.147 e. The highest BCUT2D eigenvalue weighted by Gasteiger charge is 2.10. The van der Waals surface area contributed by atoms with E-state index in [4.69, 9.17) is 19.0 Å². The SMILES string of the molecule is C.C.C=O.CCCCCCCCOCCCCCCCCN(CCCCCCCCOCOC(CCCCCCCC)CCCCCCCC)CCCNCCS(C)=O.[HH]. The molecule has 8 heteroatoms. The highest BCUT2D eigenvalue weighted by Crippen LogP contribution is 2.17. The van der Waals surface area contributed by atoms with Crippen molar-refractivity contribution in [2.24, 2.45) is 0 Å². The lowest BCUT2D eigenvalue weighted by atomic mass is 10.0. The summed E-state index contributed by atoms with van der Waals surface area (Å²) in [4.78, 5) is 10.7. The van der Waals surface area contributed by atoms with E-state index < -0.39 is 10.8 Å². The molecule has 0 saturated carbocycles. The molecule has 0 aliphatic rings. The Kier molecular flexibility index (Phi) is 66.0. The molecule has 0 aromatic heterocycles. The second-order valence-corrected chi connectivity index (χ2v) is 18.3. The third-order valence-electron chi connectivity index (χ3n) is 11.2. The number of hydrogen-bond donors (Lipinski definition) is 1. The predicted octanol–water partition coefficient (Wildman–Crippen LogP) is 14.9. The minimum atomic E-state index is -0.703. The van der Waals surface area contributed by atoms with Crippen LogP contribution in [-0.4, -0.2) is 93.3 Å². The van der Waals surface area contributed by atoms with Gasteiger partial charge in [0, 0.05) is 50.6 Å². The molecule has 0 aliphatic carbocycles. The largest absolute Gasteiger partial charge is 0.381 e. The summed E-state index contributed by atoms with van der Waals surface area (Å²) in [5.74, 6) is 0.758. The lowest BCUT2D eigenvalue weighted by Gasteiger charge is -2.22. The Bertz CT molecular complexity index is 740. The third kappa shape index (κ3) is 57.6. The molecule has 7 nitrogen and oxygen atoms in total. The van der Waals surface area contributed by atoms with Crippen LogP contribution in [0.2, 0.25) is 0 Å². The Morgan fingerprint density at radius 1 is 0.492 bits per heavy atom. The van der Waals surface area contributed by atoms with E-state index in [1.165, 1.54) is 225 Å². The van der Waals surface area contributed by atoms with Crippen LogP contribution < -0.4 is 5.32 Å². The van der Waals surface area contributed by atoms with Gasteiger partial charge < -0.3 is 29.2 Å². The molecule has 0 bridgehead atoms. The molecular weight excluding hydrogens is 753 g/mol. The lowest BCUT2D eigenvalue weighted by Crippen LogP contribution is -2.30. The van der Waals surface area contributed by atoms with Crippen LogP contribution in [0.15, 0.2) is 0 Å². The lowest BCUT2D eigenvalue weighted by molar-refractivity contribution is -0.0980. The molecule has 1 unspecified atom stereocenters. The number of nitrogens with zero attached hydrogens (tertiary/aromatic N) is 1. The number of carbonyl (C=O) groups is 1. The minimum Gasteiger partial charge on any atom is -0.381 e. The van der Waals surface area contributed by atoms with Gasteiger partial charge in [-0.15, -0.1) is 0 Å². The zero-order chi connectivity index (χ0) is 42.0. The highest BCUT2D eigenvalue weighted by atomic mass is 32.2. The molecule has 59 heavy (non-hydrogen) atoms. The average Bonchev–Trinajstić information content (AvgIpc) is 3.22. The summed E-state index contributed by atoms with van der Waals surface area (Å²) in [6, 6.07) is 0. The van der Waals surface area contributed by atoms with Gasteiger partial charge in [0.25, 0.3) is 0 Å². The van der Waals surface area contributed by atoms with E-state index in [-0.39, 0.29) is 16.3 Å². The second-order valence-electron chi connectivity index (χ2n) is 16.8. The van der Waals surface area contributed by atoms with Gasteiger partial charge in [0.2, 0.25) is 0 Å². The van der Waals surface area contributed by atoms with Gasteiger partial charge in [-0.1, -0.05) is 196 Å². The summed E-state index contributed by atoms with van der Waals surface area (Å²) < 4.78 is 29.5. The Balaban J connectivity index is -0.00000198. The first-order valence-electron chi connectivity index (χ1n) is 24.9. The number of carbonyl (C=O) groups excluding carboxylic acids is 1. The van der Waals surface area contributed by atoms with Gasteiger partial charge in [0.15, 0.2) is 0 Å². The van der Waals surface area contributed by atoms with E-state index >= 15 is 0 Å². The number of ether oxygens (including phenoxy) is 3. The molecule has 362 valence electrons. The monoisotopic (exact) mass is 865 g/mol. The standard InChI is InChI=1S/C48H100N2O4S.CH2O.2CH4.H2/c1-5-8-11-14-21-28-36-48(37-29-22-15-12-9-6-2)54-47-53-45-34-27-20-18-24-31-41-50(42-35-38-49-39-46-55(4)51)40-30-23-17-19-26-33-44-52-43-32-25-16-13-10-7-3;1-2;;;/h48-49H,5-47H2,1-4H3;1H2;2*1H4;1H. The van der Waals surface area contributed by atoms with Crippen LogP contribution >= 0.6 is 0 Å². The molecule has 0 rings (SSSR count). The first-order chi connectivity index (χ1) is 28.1. The van der Waals surface area contributed by atoms with Gasteiger partial charge in [-0.25, -0.2) is 0 Å². The van der Waals surface area contributed by atoms with Gasteiger partial charge in [0.05, 0.1) is 6.10 Å². The van der Waals surface area contributed by atoms with E-state index in [9.17, 15) is 4.21 Å². The number of hydrogen-bond acceptors (Lipinski definition) is 7. The van der Waals surface area contributed by atoms with E-state index in [2.05, 4.69) is 31.0 Å². The van der Waals surface area contributed by atoms with Crippen molar-refractivity contribution in [1.29, 1.82) is 0 Å². The topological polar surface area (TPSA) is 77.1 Å². The molecule has 0 aliphatic heterocycles. The number of rotatable bonds is 49. The zero-order valence-corrected chi connectivity index (χ0v) is 39.9. The third-order valence-corrected chi connectivity index (χ3v) is 12.0. The highest BCUT2D eigenvalue weighted by molar-refractivity contribution is 7.84. The normalized spacial score (nSPS) is 11.7. The first-order valence-corrected chi connectivity index (χ1v) is 26.7. The van der Waals surface area contributed by atoms with Crippen molar-refractivity contribution in [3.63, 3.8) is 0 Å². The molecule has 0 saturated heterocycles. The maximum atomic E-state index is 11.4. The summed E-state index contributed by atoms with van der Waals surface area (Å²) in [5.41, 5.74) is 0. The van der Waals surface area contributed by atoms with Crippen molar-refractivity contribution in [1.82, 2.24) is 10.2 Å². The molecule has 0 aromatic carbocycles. The van der Waals surface area contributed by atoms with Crippen molar-refractivity contribution in [2.45, 2.75) is 254 Å². The van der Waals surface area contributed by atoms with Crippen LogP contribution in [-0.2, 0) is 29.8 Å². The van der Waals surface area contributed by atoms with Crippen molar-refractivity contribution in [3.05, 3.63) is 0 Å².